The molecule has 1 heterocycles. The smallest absolute Gasteiger partial charge is 0.255 e. The van der Waals surface area contributed by atoms with E-state index in [4.69, 9.17) is 0 Å². The van der Waals surface area contributed by atoms with E-state index in [9.17, 15) is 4.79 Å². The minimum atomic E-state index is -0.187. The van der Waals surface area contributed by atoms with Gasteiger partial charge in [-0.25, -0.2) is 9.97 Å². The first-order valence-corrected chi connectivity index (χ1v) is 11.1. The number of aromatic nitrogens is 2. The van der Waals surface area contributed by atoms with Gasteiger partial charge in [-0.2, -0.15) is 0 Å². The Bertz CT molecular complexity index is 789. The molecular weight excluding hydrogens is 384 g/mol. The lowest BCUT2D eigenvalue weighted by Gasteiger charge is -2.07. The van der Waals surface area contributed by atoms with E-state index in [2.05, 4.69) is 48.3 Å². The van der Waals surface area contributed by atoms with Crippen molar-refractivity contribution in [1.29, 1.82) is 0 Å². The van der Waals surface area contributed by atoms with Crippen molar-refractivity contribution in [1.82, 2.24) is 9.97 Å². The topological polar surface area (TPSA) is 66.9 Å². The van der Waals surface area contributed by atoms with Crippen LogP contribution in [0.25, 0.3) is 0 Å². The third-order valence-electron chi connectivity index (χ3n) is 3.48. The van der Waals surface area contributed by atoms with Crippen molar-refractivity contribution in [2.45, 2.75) is 60.8 Å². The molecule has 3 rings (SSSR count). The molecule has 0 aliphatic rings. The minimum Gasteiger partial charge on any atom is -0.324 e. The Kier molecular flexibility index (Phi) is 16.8. The summed E-state index contributed by atoms with van der Waals surface area (Å²) in [5.74, 6) is 0.289. The van der Waals surface area contributed by atoms with E-state index < -0.39 is 0 Å². The second-order valence-electron chi connectivity index (χ2n) is 6.31. The van der Waals surface area contributed by atoms with Crippen molar-refractivity contribution < 1.29 is 4.79 Å². The summed E-state index contributed by atoms with van der Waals surface area (Å²) >= 11 is 0. The van der Waals surface area contributed by atoms with E-state index in [1.807, 2.05) is 62.4 Å². The third kappa shape index (κ3) is 12.9. The molecule has 2 aromatic carbocycles. The van der Waals surface area contributed by atoms with Crippen LogP contribution in [0.5, 0.6) is 0 Å². The number of hydrogen-bond donors (Lipinski definition) is 2. The fraction of sp³-hybridized carbons (Fsp3) is 0.346. The summed E-state index contributed by atoms with van der Waals surface area (Å²) in [5.41, 5.74) is 2.05. The maximum atomic E-state index is 12.0. The highest BCUT2D eigenvalue weighted by atomic mass is 16.1. The number of unbranched alkanes of at least 4 members (excludes halogenated alkanes) is 1. The van der Waals surface area contributed by atoms with Crippen LogP contribution in [-0.2, 0) is 0 Å². The molecule has 5 nitrogen and oxygen atoms in total. The maximum Gasteiger partial charge on any atom is 0.255 e. The second kappa shape index (κ2) is 18.8. The Hall–Kier alpha value is -3.21. The van der Waals surface area contributed by atoms with Gasteiger partial charge in [0.25, 0.3) is 5.91 Å². The maximum absolute atomic E-state index is 12.0. The molecule has 5 heteroatoms. The van der Waals surface area contributed by atoms with Crippen molar-refractivity contribution in [3.8, 4) is 0 Å². The van der Waals surface area contributed by atoms with Crippen molar-refractivity contribution in [2.24, 2.45) is 0 Å². The van der Waals surface area contributed by atoms with Gasteiger partial charge < -0.3 is 10.6 Å². The van der Waals surface area contributed by atoms with E-state index in [-0.39, 0.29) is 5.91 Å². The molecule has 0 radical (unpaired) electrons. The Balaban J connectivity index is 0.000000865. The van der Waals surface area contributed by atoms with Crippen molar-refractivity contribution in [2.75, 3.05) is 10.6 Å². The van der Waals surface area contributed by atoms with Crippen LogP contribution in [-0.4, -0.2) is 15.9 Å². The number of carbonyl (C=O) groups is 1. The zero-order valence-corrected chi connectivity index (χ0v) is 19.9. The highest BCUT2D eigenvalue weighted by molar-refractivity contribution is 6.04. The first-order valence-electron chi connectivity index (χ1n) is 11.1. The van der Waals surface area contributed by atoms with E-state index >= 15 is 0 Å². The molecule has 2 N–H and O–H groups in total. The first kappa shape index (κ1) is 27.8. The van der Waals surface area contributed by atoms with E-state index in [0.717, 1.165) is 5.69 Å². The number of hydrogen-bond acceptors (Lipinski definition) is 4. The van der Waals surface area contributed by atoms with Gasteiger partial charge in [0.1, 0.15) is 0 Å². The lowest BCUT2D eigenvalue weighted by molar-refractivity contribution is 0.102. The van der Waals surface area contributed by atoms with Gasteiger partial charge in [-0.1, -0.05) is 97.2 Å². The standard InChI is InChI=1S/C17H14N4O.C4H10.C3H8.C2H6/c22-16(13-7-3-1-4-8-13)20-15-11-18-17(19-12-15)21-14-9-5-2-6-10-14;1-3-4-2;1-3-2;1-2/h1-12H,(H,20,22)(H,18,19,21);3-4H2,1-2H3;3H2,1-2H3;1-2H3. The summed E-state index contributed by atoms with van der Waals surface area (Å²) in [7, 11) is 0. The lowest BCUT2D eigenvalue weighted by atomic mass is 10.2. The largest absolute Gasteiger partial charge is 0.324 e. The van der Waals surface area contributed by atoms with E-state index in [1.54, 1.807) is 24.5 Å². The number of nitrogens with zero attached hydrogens (tertiary/aromatic N) is 2. The molecule has 168 valence electrons. The predicted molar refractivity (Wildman–Crippen MR) is 134 cm³/mol. The molecule has 3 aromatic rings. The van der Waals surface area contributed by atoms with Crippen molar-refractivity contribution in [3.63, 3.8) is 0 Å². The summed E-state index contributed by atoms with van der Waals surface area (Å²) in [6.07, 6.45) is 7.03. The highest BCUT2D eigenvalue weighted by Gasteiger charge is 2.06. The van der Waals surface area contributed by atoms with Crippen LogP contribution in [0.2, 0.25) is 0 Å². The van der Waals surface area contributed by atoms with Gasteiger partial charge in [-0.05, 0) is 24.3 Å². The number of amides is 1. The van der Waals surface area contributed by atoms with Gasteiger partial charge in [-0.3, -0.25) is 4.79 Å². The lowest BCUT2D eigenvalue weighted by Crippen LogP contribution is -2.12. The Morgan fingerprint density at radius 2 is 1.19 bits per heavy atom. The van der Waals surface area contributed by atoms with Crippen LogP contribution in [0.3, 0.4) is 0 Å². The van der Waals surface area contributed by atoms with Crippen LogP contribution in [0.1, 0.15) is 71.2 Å². The summed E-state index contributed by atoms with van der Waals surface area (Å²) in [4.78, 5) is 20.4. The molecule has 0 aliphatic carbocycles. The SMILES string of the molecule is CC.CCC.CCCC.O=C(Nc1cnc(Nc2ccccc2)nc1)c1ccccc1. The van der Waals surface area contributed by atoms with Crippen molar-refractivity contribution >= 4 is 23.2 Å². The molecule has 1 amide bonds. The molecule has 1 aromatic heterocycles. The predicted octanol–water partition coefficient (Wildman–Crippen LogP) is 7.72. The molecule has 0 aliphatic heterocycles. The van der Waals surface area contributed by atoms with Crippen LogP contribution < -0.4 is 10.6 Å². The van der Waals surface area contributed by atoms with Crippen LogP contribution in [0.15, 0.2) is 73.1 Å². The fourth-order valence-electron chi connectivity index (χ4n) is 1.90. The summed E-state index contributed by atoms with van der Waals surface area (Å²) < 4.78 is 0. The molecule has 0 atom stereocenters. The molecule has 0 saturated heterocycles. The molecule has 0 spiro atoms. The molecule has 31 heavy (non-hydrogen) atoms. The zero-order valence-electron chi connectivity index (χ0n) is 19.9. The number of anilines is 3. The summed E-state index contributed by atoms with van der Waals surface area (Å²) in [6, 6.07) is 18.6. The van der Waals surface area contributed by atoms with Crippen LogP contribution in [0.4, 0.5) is 17.3 Å². The van der Waals surface area contributed by atoms with Crippen LogP contribution >= 0.6 is 0 Å². The Morgan fingerprint density at radius 1 is 0.742 bits per heavy atom. The number of rotatable bonds is 5. The summed E-state index contributed by atoms with van der Waals surface area (Å²) in [5, 5.41) is 5.84. The third-order valence-corrected chi connectivity index (χ3v) is 3.48. The molecule has 0 unspecified atom stereocenters. The van der Waals surface area contributed by atoms with E-state index in [0.29, 0.717) is 17.2 Å². The van der Waals surface area contributed by atoms with Gasteiger partial charge in [-0.15, -0.1) is 0 Å². The molecule has 0 saturated carbocycles. The Labute approximate surface area is 188 Å². The normalized spacial score (nSPS) is 8.84. The van der Waals surface area contributed by atoms with Gasteiger partial charge in [0.2, 0.25) is 5.95 Å². The quantitative estimate of drug-likeness (QED) is 0.441. The van der Waals surface area contributed by atoms with Crippen LogP contribution in [0, 0.1) is 0 Å². The average molecular weight is 423 g/mol. The monoisotopic (exact) mass is 422 g/mol. The number of para-hydroxylation sites is 1. The molecule has 0 fully saturated rings. The second-order valence-corrected chi connectivity index (χ2v) is 6.31. The molecular formula is C26H38N4O. The number of carbonyl (C=O) groups excluding carboxylic acids is 1. The number of benzene rings is 2. The zero-order chi connectivity index (χ0) is 23.3. The highest BCUT2D eigenvalue weighted by Crippen LogP contribution is 2.13. The van der Waals surface area contributed by atoms with Gasteiger partial charge in [0.15, 0.2) is 0 Å². The van der Waals surface area contributed by atoms with Gasteiger partial charge in [0.05, 0.1) is 18.1 Å². The van der Waals surface area contributed by atoms with Crippen molar-refractivity contribution in [3.05, 3.63) is 78.6 Å². The fourth-order valence-corrected chi connectivity index (χ4v) is 1.90. The molecule has 0 bridgehead atoms. The van der Waals surface area contributed by atoms with E-state index in [1.165, 1.54) is 19.3 Å². The minimum absolute atomic E-state index is 0.187. The van der Waals surface area contributed by atoms with Gasteiger partial charge in [0, 0.05) is 11.3 Å². The summed E-state index contributed by atoms with van der Waals surface area (Å²) in [6.45, 7) is 12.6. The average Bonchev–Trinajstić information content (AvgIpc) is 2.83. The van der Waals surface area contributed by atoms with Gasteiger partial charge >= 0.3 is 0 Å². The first-order chi connectivity index (χ1) is 15.1. The number of nitrogens with one attached hydrogen (secondary N) is 2. The Morgan fingerprint density at radius 3 is 1.65 bits per heavy atom.